The third-order valence-electron chi connectivity index (χ3n) is 4.93. The predicted molar refractivity (Wildman–Crippen MR) is 97.2 cm³/mol. The van der Waals surface area contributed by atoms with E-state index in [9.17, 15) is 9.59 Å². The molecule has 3 aromatic rings. The molecule has 25 heavy (non-hydrogen) atoms. The highest BCUT2D eigenvalue weighted by Gasteiger charge is 2.28. The Hall–Kier alpha value is -2.89. The first-order chi connectivity index (χ1) is 12.0. The van der Waals surface area contributed by atoms with E-state index in [0.29, 0.717) is 22.5 Å². The summed E-state index contributed by atoms with van der Waals surface area (Å²) >= 11 is 0. The molecule has 1 aliphatic carbocycles. The van der Waals surface area contributed by atoms with Gasteiger partial charge in [0.2, 0.25) is 0 Å². The van der Waals surface area contributed by atoms with Crippen molar-refractivity contribution in [2.45, 2.75) is 32.6 Å². The molecule has 0 unspecified atom stereocenters. The summed E-state index contributed by atoms with van der Waals surface area (Å²) in [5.41, 5.74) is 4.39. The van der Waals surface area contributed by atoms with E-state index in [1.54, 1.807) is 17.8 Å². The summed E-state index contributed by atoms with van der Waals surface area (Å²) in [6.07, 6.45) is 2.16. The van der Waals surface area contributed by atoms with Gasteiger partial charge in [0, 0.05) is 24.3 Å². The molecule has 1 saturated carbocycles. The van der Waals surface area contributed by atoms with Crippen molar-refractivity contribution in [2.75, 3.05) is 5.32 Å². The van der Waals surface area contributed by atoms with Crippen LogP contribution in [0.1, 0.15) is 45.9 Å². The van der Waals surface area contributed by atoms with E-state index in [-0.39, 0.29) is 11.5 Å². The van der Waals surface area contributed by atoms with Crippen molar-refractivity contribution in [2.24, 2.45) is 7.05 Å². The summed E-state index contributed by atoms with van der Waals surface area (Å²) in [6, 6.07) is 7.55. The van der Waals surface area contributed by atoms with Crippen LogP contribution in [-0.2, 0) is 7.05 Å². The molecule has 128 valence electrons. The largest absolute Gasteiger partial charge is 0.322 e. The van der Waals surface area contributed by atoms with E-state index in [2.05, 4.69) is 15.4 Å². The van der Waals surface area contributed by atoms with E-state index >= 15 is 0 Å². The number of carbonyl (C=O) groups is 1. The van der Waals surface area contributed by atoms with Crippen molar-refractivity contribution in [1.29, 1.82) is 0 Å². The van der Waals surface area contributed by atoms with E-state index in [4.69, 9.17) is 0 Å². The highest BCUT2D eigenvalue weighted by Crippen LogP contribution is 2.40. The van der Waals surface area contributed by atoms with Gasteiger partial charge in [0.15, 0.2) is 5.65 Å². The molecule has 1 fully saturated rings. The smallest absolute Gasteiger partial charge is 0.274 e. The van der Waals surface area contributed by atoms with E-state index < -0.39 is 0 Å². The van der Waals surface area contributed by atoms with Gasteiger partial charge in [0.25, 0.3) is 11.5 Å². The van der Waals surface area contributed by atoms with Gasteiger partial charge in [-0.15, -0.1) is 0 Å². The molecule has 0 bridgehead atoms. The second kappa shape index (κ2) is 5.58. The van der Waals surface area contributed by atoms with Gasteiger partial charge in [0.1, 0.15) is 0 Å². The lowest BCUT2D eigenvalue weighted by Crippen LogP contribution is -2.16. The number of carbonyl (C=O) groups excluding carboxylic acids is 1. The molecule has 1 amide bonds. The zero-order valence-corrected chi connectivity index (χ0v) is 14.5. The Morgan fingerprint density at radius 3 is 2.80 bits per heavy atom. The van der Waals surface area contributed by atoms with Gasteiger partial charge in [0.05, 0.1) is 10.9 Å². The Kier molecular flexibility index (Phi) is 3.49. The number of aryl methyl sites for hydroxylation is 2. The van der Waals surface area contributed by atoms with Crippen LogP contribution >= 0.6 is 0 Å². The number of benzene rings is 1. The minimum atomic E-state index is -0.293. The van der Waals surface area contributed by atoms with Crippen molar-refractivity contribution >= 4 is 22.6 Å². The zero-order chi connectivity index (χ0) is 17.7. The molecule has 2 aromatic heterocycles. The molecule has 0 spiro atoms. The summed E-state index contributed by atoms with van der Waals surface area (Å²) in [5.74, 6) is 0.112. The molecule has 0 radical (unpaired) electrons. The summed E-state index contributed by atoms with van der Waals surface area (Å²) in [5, 5.41) is 6.00. The lowest BCUT2D eigenvalue weighted by atomic mass is 10.1. The van der Waals surface area contributed by atoms with Crippen LogP contribution in [0.15, 0.2) is 29.1 Å². The molecule has 0 atom stereocenters. The molecular formula is C19H20N4O2. The van der Waals surface area contributed by atoms with Crippen LogP contribution in [0.5, 0.6) is 0 Å². The summed E-state index contributed by atoms with van der Waals surface area (Å²) < 4.78 is 1.58. The number of amides is 1. The van der Waals surface area contributed by atoms with Crippen molar-refractivity contribution < 1.29 is 4.79 Å². The van der Waals surface area contributed by atoms with Gasteiger partial charge in [-0.25, -0.2) is 4.98 Å². The van der Waals surface area contributed by atoms with Gasteiger partial charge >= 0.3 is 0 Å². The van der Waals surface area contributed by atoms with Crippen LogP contribution in [0.3, 0.4) is 0 Å². The second-order valence-corrected chi connectivity index (χ2v) is 6.77. The number of pyridine rings is 1. The maximum absolute atomic E-state index is 12.9. The predicted octanol–water partition coefficient (Wildman–Crippen LogP) is 3.01. The van der Waals surface area contributed by atoms with Crippen LogP contribution < -0.4 is 10.9 Å². The number of hydrogen-bond donors (Lipinski definition) is 2. The van der Waals surface area contributed by atoms with Crippen LogP contribution in [0.25, 0.3) is 11.0 Å². The molecule has 6 nitrogen and oxygen atoms in total. The monoisotopic (exact) mass is 336 g/mol. The fourth-order valence-corrected chi connectivity index (χ4v) is 3.12. The molecule has 1 aliphatic rings. The highest BCUT2D eigenvalue weighted by atomic mass is 16.2. The lowest BCUT2D eigenvalue weighted by molar-refractivity contribution is 0.102. The van der Waals surface area contributed by atoms with Crippen LogP contribution in [-0.4, -0.2) is 20.7 Å². The van der Waals surface area contributed by atoms with Crippen LogP contribution in [0.2, 0.25) is 0 Å². The van der Waals surface area contributed by atoms with Gasteiger partial charge in [-0.05, 0) is 49.9 Å². The van der Waals surface area contributed by atoms with Crippen molar-refractivity contribution in [3.05, 3.63) is 57.0 Å². The van der Waals surface area contributed by atoms with Crippen LogP contribution in [0.4, 0.5) is 5.69 Å². The number of aromatic nitrogens is 3. The Morgan fingerprint density at radius 2 is 2.08 bits per heavy atom. The maximum atomic E-state index is 12.9. The number of nitrogens with zero attached hydrogens (tertiary/aromatic N) is 2. The molecule has 6 heteroatoms. The van der Waals surface area contributed by atoms with Gasteiger partial charge < -0.3 is 5.32 Å². The highest BCUT2D eigenvalue weighted by molar-refractivity contribution is 6.12. The topological polar surface area (TPSA) is 79.8 Å². The van der Waals surface area contributed by atoms with E-state index in [1.165, 1.54) is 0 Å². The fraction of sp³-hybridized carbons (Fsp3) is 0.316. The number of hydrogen-bond acceptors (Lipinski definition) is 3. The van der Waals surface area contributed by atoms with Gasteiger partial charge in [-0.3, -0.25) is 19.4 Å². The molecule has 0 aliphatic heterocycles. The molecule has 2 heterocycles. The fourth-order valence-electron chi connectivity index (χ4n) is 3.12. The Morgan fingerprint density at radius 1 is 1.32 bits per heavy atom. The summed E-state index contributed by atoms with van der Waals surface area (Å²) in [6.45, 7) is 3.97. The van der Waals surface area contributed by atoms with E-state index in [1.807, 2.05) is 32.0 Å². The molecule has 0 saturated heterocycles. The first-order valence-electron chi connectivity index (χ1n) is 8.43. The minimum absolute atomic E-state index is 0.278. The number of anilines is 1. The second-order valence-electron chi connectivity index (χ2n) is 6.77. The minimum Gasteiger partial charge on any atom is -0.322 e. The molecular weight excluding hydrogens is 316 g/mol. The first-order valence-corrected chi connectivity index (χ1v) is 8.43. The number of fused-ring (bicyclic) bond motifs is 1. The standard InChI is InChI=1S/C19H20N4O2/c1-10-5-4-6-14(11(10)2)21-18(24)13-9-15(12-7-8-12)20-17-16(13)19(25)22-23(17)3/h4-6,9,12H,7-8H2,1-3H3,(H,21,24)(H,22,25). The third-order valence-corrected chi connectivity index (χ3v) is 4.93. The Labute approximate surface area is 144 Å². The number of rotatable bonds is 3. The van der Waals surface area contributed by atoms with Crippen molar-refractivity contribution in [3.8, 4) is 0 Å². The normalized spacial score (nSPS) is 14.0. The maximum Gasteiger partial charge on any atom is 0.274 e. The van der Waals surface area contributed by atoms with Crippen LogP contribution in [0, 0.1) is 13.8 Å². The van der Waals surface area contributed by atoms with E-state index in [0.717, 1.165) is 35.3 Å². The van der Waals surface area contributed by atoms with Crippen molar-refractivity contribution in [3.63, 3.8) is 0 Å². The SMILES string of the molecule is Cc1cccc(NC(=O)c2cc(C3CC3)nc3c2c(=O)[nH]n3C)c1C. The van der Waals surface area contributed by atoms with Crippen molar-refractivity contribution in [1.82, 2.24) is 14.8 Å². The summed E-state index contributed by atoms with van der Waals surface area (Å²) in [7, 11) is 1.74. The average molecular weight is 336 g/mol. The number of nitrogens with one attached hydrogen (secondary N) is 2. The van der Waals surface area contributed by atoms with Gasteiger partial charge in [-0.2, -0.15) is 0 Å². The Balaban J connectivity index is 1.83. The average Bonchev–Trinajstić information content (AvgIpc) is 3.38. The lowest BCUT2D eigenvalue weighted by Gasteiger charge is -2.11. The molecule has 2 N–H and O–H groups in total. The quantitative estimate of drug-likeness (QED) is 0.771. The number of H-pyrrole nitrogens is 1. The molecule has 4 rings (SSSR count). The zero-order valence-electron chi connectivity index (χ0n) is 14.5. The Bertz CT molecular complexity index is 1060. The number of aromatic amines is 1. The van der Waals surface area contributed by atoms with Gasteiger partial charge in [-0.1, -0.05) is 12.1 Å². The third kappa shape index (κ3) is 2.63. The summed E-state index contributed by atoms with van der Waals surface area (Å²) in [4.78, 5) is 29.8. The first kappa shape index (κ1) is 15.6. The molecule has 1 aromatic carbocycles.